The number of hydrogen-bond donors (Lipinski definition) is 0. The van der Waals surface area contributed by atoms with E-state index >= 15 is 0 Å². The Hall–Kier alpha value is -0.540. The molecule has 0 aromatic heterocycles. The summed E-state index contributed by atoms with van der Waals surface area (Å²) in [6, 6.07) is 2.56. The first-order valence-electron chi connectivity index (χ1n) is 4.72. The fourth-order valence-corrected chi connectivity index (χ4v) is 1.90. The van der Waals surface area contributed by atoms with Gasteiger partial charge in [-0.05, 0) is 12.1 Å². The Balaban J connectivity index is 3.42. The van der Waals surface area contributed by atoms with Crippen LogP contribution in [0.1, 0.15) is 19.4 Å². The highest BCUT2D eigenvalue weighted by atomic mass is 35.5. The van der Waals surface area contributed by atoms with Crippen molar-refractivity contribution >= 4 is 23.2 Å². The van der Waals surface area contributed by atoms with Gasteiger partial charge in [0.05, 0.1) is 17.7 Å². The fourth-order valence-electron chi connectivity index (χ4n) is 1.33. The molecule has 0 saturated heterocycles. The lowest BCUT2D eigenvalue weighted by molar-refractivity contribution is -0.0530. The molecular formula is C11H12Cl2F2O. The lowest BCUT2D eigenvalue weighted by Crippen LogP contribution is -2.22. The molecule has 0 unspecified atom stereocenters. The van der Waals surface area contributed by atoms with Gasteiger partial charge in [0.2, 0.25) is 0 Å². The van der Waals surface area contributed by atoms with E-state index in [4.69, 9.17) is 27.9 Å². The molecule has 0 bridgehead atoms. The fraction of sp³-hybridized carbons (Fsp3) is 0.455. The Morgan fingerprint density at radius 1 is 1.25 bits per heavy atom. The first-order valence-corrected chi connectivity index (χ1v) is 5.47. The highest BCUT2D eigenvalue weighted by Gasteiger charge is 2.39. The maximum absolute atomic E-state index is 13.9. The minimum atomic E-state index is -3.03. The second-order valence-electron chi connectivity index (χ2n) is 3.75. The smallest absolute Gasteiger partial charge is 0.279 e. The molecule has 0 N–H and O–H groups in total. The number of rotatable bonds is 3. The van der Waals surface area contributed by atoms with Crippen molar-refractivity contribution in [1.29, 1.82) is 0 Å². The summed E-state index contributed by atoms with van der Waals surface area (Å²) in [5, 5.41) is 0.256. The average molecular weight is 269 g/mol. The van der Waals surface area contributed by atoms with Gasteiger partial charge in [0.15, 0.2) is 0 Å². The van der Waals surface area contributed by atoms with E-state index in [2.05, 4.69) is 0 Å². The van der Waals surface area contributed by atoms with Gasteiger partial charge in [-0.1, -0.05) is 37.0 Å². The van der Waals surface area contributed by atoms with Crippen LogP contribution in [0.5, 0.6) is 5.75 Å². The number of alkyl halides is 2. The maximum Gasteiger partial charge on any atom is 0.279 e. The summed E-state index contributed by atoms with van der Waals surface area (Å²) in [6.07, 6.45) is 0. The third kappa shape index (κ3) is 2.41. The molecule has 90 valence electrons. The summed E-state index contributed by atoms with van der Waals surface area (Å²) in [5.74, 6) is -3.92. The van der Waals surface area contributed by atoms with E-state index in [9.17, 15) is 8.78 Å². The largest absolute Gasteiger partial charge is 0.495 e. The zero-order chi connectivity index (χ0) is 12.5. The molecule has 0 aliphatic rings. The Morgan fingerprint density at radius 3 is 2.25 bits per heavy atom. The van der Waals surface area contributed by atoms with Crippen LogP contribution < -0.4 is 4.74 Å². The minimum Gasteiger partial charge on any atom is -0.495 e. The molecule has 1 rings (SSSR count). The Bertz CT molecular complexity index is 392. The van der Waals surface area contributed by atoms with Crippen molar-refractivity contribution in [2.45, 2.75) is 19.8 Å². The normalized spacial score (nSPS) is 12.0. The van der Waals surface area contributed by atoms with Gasteiger partial charge in [0, 0.05) is 10.9 Å². The zero-order valence-electron chi connectivity index (χ0n) is 9.15. The predicted molar refractivity (Wildman–Crippen MR) is 61.7 cm³/mol. The predicted octanol–water partition coefficient (Wildman–Crippen LogP) is 4.75. The first-order chi connectivity index (χ1) is 7.30. The van der Waals surface area contributed by atoms with Gasteiger partial charge in [0.25, 0.3) is 5.92 Å². The number of hydrogen-bond acceptors (Lipinski definition) is 1. The van der Waals surface area contributed by atoms with Crippen LogP contribution in [0.15, 0.2) is 12.1 Å². The minimum absolute atomic E-state index is 0.0234. The van der Waals surface area contributed by atoms with Gasteiger partial charge in [-0.15, -0.1) is 0 Å². The molecule has 0 aliphatic heterocycles. The van der Waals surface area contributed by atoms with Crippen molar-refractivity contribution in [3.8, 4) is 5.75 Å². The third-order valence-electron chi connectivity index (χ3n) is 2.30. The molecule has 1 nitrogen and oxygen atoms in total. The van der Waals surface area contributed by atoms with Crippen LogP contribution >= 0.6 is 23.2 Å². The Labute approximate surface area is 103 Å². The van der Waals surface area contributed by atoms with E-state index in [1.165, 1.54) is 33.1 Å². The molecule has 0 aliphatic carbocycles. The standard InChI is InChI=1S/C11H12Cl2F2O/c1-6(2)11(14,15)8-4-7(12)5-9(13)10(8)16-3/h4-6H,1-3H3. The molecule has 16 heavy (non-hydrogen) atoms. The summed E-state index contributed by atoms with van der Waals surface area (Å²) in [5.41, 5.74) is -0.275. The number of halogens is 4. The molecule has 5 heteroatoms. The van der Waals surface area contributed by atoms with Crippen LogP contribution in [0.25, 0.3) is 0 Å². The quantitative estimate of drug-likeness (QED) is 0.769. The summed E-state index contributed by atoms with van der Waals surface area (Å²) < 4.78 is 32.7. The molecule has 0 radical (unpaired) electrons. The second kappa shape index (κ2) is 4.76. The van der Waals surface area contributed by atoms with Gasteiger partial charge < -0.3 is 4.74 Å². The van der Waals surface area contributed by atoms with Crippen molar-refractivity contribution in [2.24, 2.45) is 5.92 Å². The topological polar surface area (TPSA) is 9.23 Å². The maximum atomic E-state index is 13.9. The van der Waals surface area contributed by atoms with E-state index in [0.29, 0.717) is 0 Å². The highest BCUT2D eigenvalue weighted by Crippen LogP contribution is 2.44. The van der Waals surface area contributed by atoms with Crippen molar-refractivity contribution in [2.75, 3.05) is 7.11 Å². The zero-order valence-corrected chi connectivity index (χ0v) is 10.7. The van der Waals surface area contributed by atoms with Crippen molar-refractivity contribution in [3.05, 3.63) is 27.7 Å². The summed E-state index contributed by atoms with van der Waals surface area (Å²) >= 11 is 11.5. The summed E-state index contributed by atoms with van der Waals surface area (Å²) in [4.78, 5) is 0. The molecule has 0 saturated carbocycles. The van der Waals surface area contributed by atoms with Crippen molar-refractivity contribution in [3.63, 3.8) is 0 Å². The molecule has 0 amide bonds. The average Bonchev–Trinajstić information content (AvgIpc) is 2.16. The molecule has 0 fully saturated rings. The molecule has 0 spiro atoms. The van der Waals surface area contributed by atoms with E-state index in [1.54, 1.807) is 0 Å². The van der Waals surface area contributed by atoms with Crippen LogP contribution in [-0.4, -0.2) is 7.11 Å². The van der Waals surface area contributed by atoms with E-state index in [-0.39, 0.29) is 21.4 Å². The van der Waals surface area contributed by atoms with E-state index in [1.807, 2.05) is 0 Å². The van der Waals surface area contributed by atoms with Crippen LogP contribution in [0, 0.1) is 5.92 Å². The number of ether oxygens (including phenoxy) is 1. The lowest BCUT2D eigenvalue weighted by atomic mass is 9.97. The number of benzene rings is 1. The highest BCUT2D eigenvalue weighted by molar-refractivity contribution is 6.35. The Kier molecular flexibility index (Phi) is 4.02. The first kappa shape index (κ1) is 13.5. The molecular weight excluding hydrogens is 257 g/mol. The Morgan fingerprint density at radius 2 is 1.81 bits per heavy atom. The van der Waals surface area contributed by atoms with Crippen LogP contribution in [0.3, 0.4) is 0 Å². The van der Waals surface area contributed by atoms with Gasteiger partial charge in [-0.3, -0.25) is 0 Å². The molecule has 0 atom stereocenters. The van der Waals surface area contributed by atoms with Crippen LogP contribution in [-0.2, 0) is 5.92 Å². The molecule has 1 aromatic carbocycles. The van der Waals surface area contributed by atoms with Crippen molar-refractivity contribution in [1.82, 2.24) is 0 Å². The third-order valence-corrected chi connectivity index (χ3v) is 2.80. The number of methoxy groups -OCH3 is 1. The second-order valence-corrected chi connectivity index (χ2v) is 4.59. The van der Waals surface area contributed by atoms with Crippen LogP contribution in [0.4, 0.5) is 8.78 Å². The van der Waals surface area contributed by atoms with Crippen LogP contribution in [0.2, 0.25) is 10.0 Å². The lowest BCUT2D eigenvalue weighted by Gasteiger charge is -2.23. The molecule has 0 heterocycles. The van der Waals surface area contributed by atoms with Gasteiger partial charge >= 0.3 is 0 Å². The van der Waals surface area contributed by atoms with Gasteiger partial charge in [-0.25, -0.2) is 8.78 Å². The summed E-state index contributed by atoms with van der Waals surface area (Å²) in [6.45, 7) is 2.85. The van der Waals surface area contributed by atoms with E-state index in [0.717, 1.165) is 0 Å². The monoisotopic (exact) mass is 268 g/mol. The van der Waals surface area contributed by atoms with Crippen molar-refractivity contribution < 1.29 is 13.5 Å². The SMILES string of the molecule is COc1c(Cl)cc(Cl)cc1C(F)(F)C(C)C. The van der Waals surface area contributed by atoms with Gasteiger partial charge in [0.1, 0.15) is 5.75 Å². The van der Waals surface area contributed by atoms with E-state index < -0.39 is 11.8 Å². The molecule has 1 aromatic rings. The summed E-state index contributed by atoms with van der Waals surface area (Å²) in [7, 11) is 1.30. The van der Waals surface area contributed by atoms with Gasteiger partial charge in [-0.2, -0.15) is 0 Å².